The van der Waals surface area contributed by atoms with E-state index in [1.165, 1.54) is 0 Å². The van der Waals surface area contributed by atoms with Crippen molar-refractivity contribution in [3.63, 3.8) is 0 Å². The molecule has 4 nitrogen and oxygen atoms in total. The van der Waals surface area contributed by atoms with Crippen LogP contribution in [0.3, 0.4) is 0 Å². The quantitative estimate of drug-likeness (QED) is 0.384. The molecule has 23 heavy (non-hydrogen) atoms. The summed E-state index contributed by atoms with van der Waals surface area (Å²) in [5, 5.41) is 0. The maximum absolute atomic E-state index is 12.7. The third kappa shape index (κ3) is 5.12. The first-order valence-electron chi connectivity index (χ1n) is 7.14. The lowest BCUT2D eigenvalue weighted by atomic mass is 9.74. The fourth-order valence-electron chi connectivity index (χ4n) is 2.14. The van der Waals surface area contributed by atoms with Crippen molar-refractivity contribution in [3.05, 3.63) is 0 Å². The van der Waals surface area contributed by atoms with E-state index in [0.29, 0.717) is 13.0 Å². The zero-order valence-corrected chi connectivity index (χ0v) is 13.0. The number of rotatable bonds is 8. The molecule has 3 atom stereocenters. The molecule has 0 spiro atoms. The highest BCUT2D eigenvalue weighted by atomic mass is 19.4. The number of hydrogen-bond acceptors (Lipinski definition) is 4. The van der Waals surface area contributed by atoms with Gasteiger partial charge >= 0.3 is 18.3 Å². The molecule has 0 aromatic heterocycles. The molecule has 0 aromatic rings. The van der Waals surface area contributed by atoms with Gasteiger partial charge in [-0.25, -0.2) is 0 Å². The van der Waals surface area contributed by atoms with Crippen LogP contribution in [0, 0.1) is 11.3 Å². The predicted octanol–water partition coefficient (Wildman–Crippen LogP) is 3.49. The third-order valence-electron chi connectivity index (χ3n) is 3.99. The zero-order chi connectivity index (χ0) is 18.1. The molecule has 0 bridgehead atoms. The van der Waals surface area contributed by atoms with Gasteiger partial charge in [0, 0.05) is 11.8 Å². The van der Waals surface area contributed by atoms with E-state index in [0.717, 1.165) is 6.92 Å². The summed E-state index contributed by atoms with van der Waals surface area (Å²) >= 11 is 0. The normalized spacial score (nSPS) is 22.2. The number of hydrogen-bond donors (Lipinski definition) is 0. The average Bonchev–Trinajstić information content (AvgIpc) is 3.20. The van der Waals surface area contributed by atoms with Gasteiger partial charge < -0.3 is 9.47 Å². The molecule has 1 fully saturated rings. The summed E-state index contributed by atoms with van der Waals surface area (Å²) < 4.78 is 69.9. The SMILES string of the molecule is CCC(C)(CC(C)C(=O)OC(F)(F)C(F)(F)F)C(=O)CC1CO1. The van der Waals surface area contributed by atoms with Crippen LogP contribution >= 0.6 is 0 Å². The molecule has 1 heterocycles. The Morgan fingerprint density at radius 2 is 1.78 bits per heavy atom. The zero-order valence-electron chi connectivity index (χ0n) is 13.0. The number of esters is 1. The molecule has 1 rings (SSSR count). The molecule has 0 radical (unpaired) electrons. The number of ether oxygens (including phenoxy) is 2. The molecule has 0 aliphatic carbocycles. The molecule has 0 saturated carbocycles. The van der Waals surface area contributed by atoms with Crippen LogP contribution in [0.25, 0.3) is 0 Å². The number of halogens is 5. The molecule has 134 valence electrons. The summed E-state index contributed by atoms with van der Waals surface area (Å²) in [5.74, 6) is -3.19. The molecule has 0 aromatic carbocycles. The standard InChI is InChI=1S/C14H19F5O4/c1-4-12(3,10(20)5-9-7-22-9)6-8(2)11(21)23-14(18,19)13(15,16)17/h8-9H,4-7H2,1-3H3. The van der Waals surface area contributed by atoms with E-state index >= 15 is 0 Å². The fourth-order valence-corrected chi connectivity index (χ4v) is 2.14. The number of ketones is 1. The van der Waals surface area contributed by atoms with Crippen LogP contribution in [0.15, 0.2) is 0 Å². The van der Waals surface area contributed by atoms with E-state index in [1.807, 2.05) is 0 Å². The van der Waals surface area contributed by atoms with Crippen LogP contribution in [-0.2, 0) is 19.1 Å². The molecule has 0 amide bonds. The lowest BCUT2D eigenvalue weighted by Crippen LogP contribution is -2.43. The van der Waals surface area contributed by atoms with Crippen LogP contribution in [0.4, 0.5) is 22.0 Å². The smallest absolute Gasteiger partial charge is 0.394 e. The Labute approximate surface area is 130 Å². The molecular formula is C14H19F5O4. The van der Waals surface area contributed by atoms with E-state index in [1.54, 1.807) is 13.8 Å². The summed E-state index contributed by atoms with van der Waals surface area (Å²) in [5.41, 5.74) is -1.02. The van der Waals surface area contributed by atoms with E-state index in [2.05, 4.69) is 4.74 Å². The Balaban J connectivity index is 2.69. The summed E-state index contributed by atoms with van der Waals surface area (Å²) in [7, 11) is 0. The average molecular weight is 346 g/mol. The molecular weight excluding hydrogens is 327 g/mol. The number of carbonyl (C=O) groups is 2. The van der Waals surface area contributed by atoms with Gasteiger partial charge in [-0.3, -0.25) is 9.59 Å². The van der Waals surface area contributed by atoms with Crippen molar-refractivity contribution in [1.82, 2.24) is 0 Å². The number of epoxide rings is 1. The Kier molecular flexibility index (Phi) is 5.77. The van der Waals surface area contributed by atoms with Gasteiger partial charge in [-0.1, -0.05) is 20.8 Å². The summed E-state index contributed by atoms with van der Waals surface area (Å²) in [6.45, 7) is 4.84. The molecule has 1 aliphatic rings. The lowest BCUT2D eigenvalue weighted by molar-refractivity contribution is -0.377. The minimum Gasteiger partial charge on any atom is -0.394 e. The summed E-state index contributed by atoms with van der Waals surface area (Å²) in [6, 6.07) is 0. The van der Waals surface area contributed by atoms with Gasteiger partial charge in [-0.15, -0.1) is 0 Å². The highest BCUT2D eigenvalue weighted by molar-refractivity contribution is 5.86. The van der Waals surface area contributed by atoms with Crippen molar-refractivity contribution >= 4 is 11.8 Å². The first-order chi connectivity index (χ1) is 10.3. The fraction of sp³-hybridized carbons (Fsp3) is 0.857. The first-order valence-corrected chi connectivity index (χ1v) is 7.14. The highest BCUT2D eigenvalue weighted by Gasteiger charge is 2.62. The molecule has 3 unspecified atom stereocenters. The van der Waals surface area contributed by atoms with Crippen molar-refractivity contribution in [2.75, 3.05) is 6.61 Å². The minimum absolute atomic E-state index is 0.130. The summed E-state index contributed by atoms with van der Waals surface area (Å²) in [6.07, 6.45) is -11.4. The lowest BCUT2D eigenvalue weighted by Gasteiger charge is -2.29. The molecule has 9 heteroatoms. The van der Waals surface area contributed by atoms with Crippen molar-refractivity contribution in [2.24, 2.45) is 11.3 Å². The second-order valence-corrected chi connectivity index (χ2v) is 6.04. The number of alkyl halides is 5. The maximum atomic E-state index is 12.7. The van der Waals surface area contributed by atoms with Gasteiger partial charge in [0.15, 0.2) is 0 Å². The second-order valence-electron chi connectivity index (χ2n) is 6.04. The molecule has 1 saturated heterocycles. The van der Waals surface area contributed by atoms with E-state index in [-0.39, 0.29) is 24.7 Å². The van der Waals surface area contributed by atoms with Crippen molar-refractivity contribution in [1.29, 1.82) is 0 Å². The predicted molar refractivity (Wildman–Crippen MR) is 68.6 cm³/mol. The second kappa shape index (κ2) is 6.70. The molecule has 0 N–H and O–H groups in total. The van der Waals surface area contributed by atoms with Crippen LogP contribution in [0.5, 0.6) is 0 Å². The van der Waals surface area contributed by atoms with E-state index < -0.39 is 29.6 Å². The monoisotopic (exact) mass is 346 g/mol. The van der Waals surface area contributed by atoms with Crippen molar-refractivity contribution in [3.8, 4) is 0 Å². The van der Waals surface area contributed by atoms with Gasteiger partial charge in [0.05, 0.1) is 18.6 Å². The van der Waals surface area contributed by atoms with Crippen LogP contribution in [0.2, 0.25) is 0 Å². The largest absolute Gasteiger partial charge is 0.501 e. The maximum Gasteiger partial charge on any atom is 0.501 e. The summed E-state index contributed by atoms with van der Waals surface area (Å²) in [4.78, 5) is 23.7. The highest BCUT2D eigenvalue weighted by Crippen LogP contribution is 2.39. The first kappa shape index (κ1) is 19.8. The van der Waals surface area contributed by atoms with Crippen molar-refractivity contribution in [2.45, 2.75) is 58.4 Å². The van der Waals surface area contributed by atoms with Crippen molar-refractivity contribution < 1.29 is 41.0 Å². The van der Waals surface area contributed by atoms with Gasteiger partial charge in [0.25, 0.3) is 0 Å². The van der Waals surface area contributed by atoms with Gasteiger partial charge in [0.2, 0.25) is 0 Å². The third-order valence-corrected chi connectivity index (χ3v) is 3.99. The van der Waals surface area contributed by atoms with Gasteiger partial charge in [-0.2, -0.15) is 22.0 Å². The van der Waals surface area contributed by atoms with Crippen LogP contribution in [-0.4, -0.2) is 36.7 Å². The Hall–Kier alpha value is -1.25. The van der Waals surface area contributed by atoms with Crippen LogP contribution < -0.4 is 0 Å². The van der Waals surface area contributed by atoms with Gasteiger partial charge in [-0.05, 0) is 12.8 Å². The number of carbonyl (C=O) groups excluding carboxylic acids is 2. The minimum atomic E-state index is -5.98. The Bertz CT molecular complexity index is 459. The Morgan fingerprint density at radius 3 is 2.17 bits per heavy atom. The van der Waals surface area contributed by atoms with Gasteiger partial charge in [0.1, 0.15) is 5.78 Å². The van der Waals surface area contributed by atoms with E-state index in [9.17, 15) is 31.5 Å². The van der Waals surface area contributed by atoms with Crippen LogP contribution in [0.1, 0.15) is 40.0 Å². The molecule has 1 aliphatic heterocycles. The topological polar surface area (TPSA) is 55.9 Å². The van der Waals surface area contributed by atoms with E-state index in [4.69, 9.17) is 4.74 Å². The Morgan fingerprint density at radius 1 is 1.26 bits per heavy atom. The number of Topliss-reactive ketones (excluding diaryl/α,β-unsaturated/α-hetero) is 1.